The lowest BCUT2D eigenvalue weighted by molar-refractivity contribution is 0.428. The molecule has 0 aliphatic rings. The van der Waals surface area contributed by atoms with E-state index in [1.54, 1.807) is 30.4 Å². The van der Waals surface area contributed by atoms with E-state index in [1.807, 2.05) is 0 Å². The van der Waals surface area contributed by atoms with E-state index in [0.717, 1.165) is 17.3 Å². The molecule has 0 saturated carbocycles. The summed E-state index contributed by atoms with van der Waals surface area (Å²) in [5.74, 6) is 4.38. The monoisotopic (exact) mass is 374 g/mol. The van der Waals surface area contributed by atoms with Gasteiger partial charge in [0, 0.05) is 24.6 Å². The lowest BCUT2D eigenvalue weighted by atomic mass is 10.3. The molecular weight excluding hydrogens is 344 g/mol. The van der Waals surface area contributed by atoms with Crippen molar-refractivity contribution in [3.8, 4) is 5.75 Å². The maximum atomic E-state index is 12.6. The van der Waals surface area contributed by atoms with E-state index in [2.05, 4.69) is 27.7 Å². The predicted octanol–water partition coefficient (Wildman–Crippen LogP) is 2.80. The van der Waals surface area contributed by atoms with Gasteiger partial charge >= 0.3 is 5.69 Å². The number of rotatable bonds is 10. The minimum absolute atomic E-state index is 0.308. The van der Waals surface area contributed by atoms with E-state index in [0.29, 0.717) is 36.4 Å². The van der Waals surface area contributed by atoms with Crippen molar-refractivity contribution in [3.05, 3.63) is 26.5 Å². The van der Waals surface area contributed by atoms with Gasteiger partial charge in [-0.2, -0.15) is 23.5 Å². The van der Waals surface area contributed by atoms with Gasteiger partial charge in [-0.25, -0.2) is 4.79 Å². The van der Waals surface area contributed by atoms with Crippen molar-refractivity contribution in [2.24, 2.45) is 11.8 Å². The Hall–Kier alpha value is -0.820. The number of hydrogen-bond donors (Lipinski definition) is 1. The Morgan fingerprint density at radius 2 is 1.38 bits per heavy atom. The van der Waals surface area contributed by atoms with Gasteiger partial charge in [-0.1, -0.05) is 27.7 Å². The fourth-order valence-corrected chi connectivity index (χ4v) is 4.10. The second-order valence-electron chi connectivity index (χ2n) is 6.76. The minimum atomic E-state index is -0.575. The maximum Gasteiger partial charge on any atom is 0.331 e. The van der Waals surface area contributed by atoms with E-state index in [4.69, 9.17) is 0 Å². The van der Waals surface area contributed by atoms with Crippen LogP contribution in [0.1, 0.15) is 33.4 Å². The highest BCUT2D eigenvalue weighted by Gasteiger charge is 2.15. The first kappa shape index (κ1) is 21.2. The third kappa shape index (κ3) is 6.24. The van der Waals surface area contributed by atoms with Crippen molar-refractivity contribution in [1.29, 1.82) is 0 Å². The van der Waals surface area contributed by atoms with Gasteiger partial charge in [0.25, 0.3) is 5.56 Å². The van der Waals surface area contributed by atoms with Gasteiger partial charge in [-0.3, -0.25) is 13.9 Å². The van der Waals surface area contributed by atoms with Gasteiger partial charge in [-0.05, 0) is 30.3 Å². The van der Waals surface area contributed by atoms with Gasteiger partial charge < -0.3 is 5.11 Å². The summed E-state index contributed by atoms with van der Waals surface area (Å²) >= 11 is 3.50. The van der Waals surface area contributed by atoms with Crippen LogP contribution in [0.3, 0.4) is 0 Å². The fraction of sp³-hybridized carbons (Fsp3) is 0.765. The lowest BCUT2D eigenvalue weighted by Gasteiger charge is -2.15. The first-order chi connectivity index (χ1) is 11.3. The van der Waals surface area contributed by atoms with E-state index in [1.165, 1.54) is 9.13 Å². The summed E-state index contributed by atoms with van der Waals surface area (Å²) < 4.78 is 2.69. The van der Waals surface area contributed by atoms with Crippen LogP contribution in [-0.4, -0.2) is 37.3 Å². The average molecular weight is 375 g/mol. The molecule has 1 aromatic heterocycles. The highest BCUT2D eigenvalue weighted by molar-refractivity contribution is 7.99. The topological polar surface area (TPSA) is 64.2 Å². The van der Waals surface area contributed by atoms with Crippen LogP contribution in [-0.2, 0) is 13.1 Å². The predicted molar refractivity (Wildman–Crippen MR) is 106 cm³/mol. The van der Waals surface area contributed by atoms with Crippen LogP contribution in [0.15, 0.2) is 9.59 Å². The molecule has 0 aromatic carbocycles. The molecule has 0 aliphatic carbocycles. The number of thioether (sulfide) groups is 2. The Labute approximate surface area is 152 Å². The maximum absolute atomic E-state index is 12.6. The van der Waals surface area contributed by atoms with Crippen molar-refractivity contribution >= 4 is 23.5 Å². The summed E-state index contributed by atoms with van der Waals surface area (Å²) in [4.78, 5) is 24.8. The molecule has 1 heterocycles. The van der Waals surface area contributed by atoms with Crippen molar-refractivity contribution in [2.45, 2.75) is 47.7 Å². The molecule has 138 valence electrons. The Kier molecular flexibility index (Phi) is 9.05. The third-order valence-electron chi connectivity index (χ3n) is 3.48. The Bertz CT molecular complexity index is 636. The second kappa shape index (κ2) is 10.2. The SMILES string of the molecule is Cc1c(O)c(=O)n(CCSCC(C)C)c(=O)n1CCSCC(C)C. The fourth-order valence-electron chi connectivity index (χ4n) is 2.20. The molecule has 0 bridgehead atoms. The first-order valence-corrected chi connectivity index (χ1v) is 10.7. The molecule has 0 aliphatic heterocycles. The molecule has 1 N–H and O–H groups in total. The normalized spacial score (nSPS) is 11.6. The molecule has 0 fully saturated rings. The lowest BCUT2D eigenvalue weighted by Crippen LogP contribution is -2.41. The summed E-state index contributed by atoms with van der Waals surface area (Å²) in [6.07, 6.45) is 0. The summed E-state index contributed by atoms with van der Waals surface area (Å²) in [6.45, 7) is 11.1. The molecular formula is C17H30N2O3S2. The molecule has 0 unspecified atom stereocenters. The van der Waals surface area contributed by atoms with Crippen molar-refractivity contribution < 1.29 is 5.11 Å². The molecule has 0 saturated heterocycles. The van der Waals surface area contributed by atoms with E-state index in [9.17, 15) is 14.7 Å². The number of aromatic nitrogens is 2. The van der Waals surface area contributed by atoms with E-state index >= 15 is 0 Å². The zero-order chi connectivity index (χ0) is 18.3. The second-order valence-corrected chi connectivity index (χ2v) is 9.06. The van der Waals surface area contributed by atoms with Gasteiger partial charge in [0.1, 0.15) is 0 Å². The van der Waals surface area contributed by atoms with Gasteiger partial charge in [0.05, 0.1) is 5.69 Å². The van der Waals surface area contributed by atoms with Gasteiger partial charge in [0.2, 0.25) is 5.75 Å². The van der Waals surface area contributed by atoms with Crippen LogP contribution in [0.25, 0.3) is 0 Å². The largest absolute Gasteiger partial charge is 0.502 e. The molecule has 0 amide bonds. The Balaban J connectivity index is 2.88. The number of nitrogens with zero attached hydrogens (tertiary/aromatic N) is 2. The molecule has 24 heavy (non-hydrogen) atoms. The number of hydrogen-bond acceptors (Lipinski definition) is 5. The molecule has 0 spiro atoms. The Morgan fingerprint density at radius 1 is 0.917 bits per heavy atom. The van der Waals surface area contributed by atoms with Gasteiger partial charge in [0.15, 0.2) is 0 Å². The van der Waals surface area contributed by atoms with Crippen molar-refractivity contribution in [1.82, 2.24) is 9.13 Å². The smallest absolute Gasteiger partial charge is 0.331 e. The van der Waals surface area contributed by atoms with E-state index in [-0.39, 0.29) is 11.4 Å². The highest BCUT2D eigenvalue weighted by atomic mass is 32.2. The van der Waals surface area contributed by atoms with Crippen LogP contribution >= 0.6 is 23.5 Å². The summed E-state index contributed by atoms with van der Waals surface area (Å²) in [5, 5.41) is 10.1. The standard InChI is InChI=1S/C17H30N2O3S2/c1-12(2)10-23-8-6-18-14(5)15(20)16(21)19(17(18)22)7-9-24-11-13(3)4/h12-13,20H,6-11H2,1-5H3. The van der Waals surface area contributed by atoms with Gasteiger partial charge in [-0.15, -0.1) is 0 Å². The zero-order valence-corrected chi connectivity index (χ0v) is 17.0. The molecule has 0 atom stereocenters. The van der Waals surface area contributed by atoms with Crippen LogP contribution < -0.4 is 11.2 Å². The Morgan fingerprint density at radius 3 is 1.83 bits per heavy atom. The van der Waals surface area contributed by atoms with Crippen molar-refractivity contribution in [2.75, 3.05) is 23.0 Å². The first-order valence-electron chi connectivity index (χ1n) is 8.44. The number of aromatic hydroxyl groups is 1. The molecule has 0 radical (unpaired) electrons. The summed E-state index contributed by atoms with van der Waals surface area (Å²) in [6, 6.07) is 0. The average Bonchev–Trinajstić information content (AvgIpc) is 2.51. The van der Waals surface area contributed by atoms with Crippen LogP contribution in [0.2, 0.25) is 0 Å². The highest BCUT2D eigenvalue weighted by Crippen LogP contribution is 2.12. The minimum Gasteiger partial charge on any atom is -0.502 e. The zero-order valence-electron chi connectivity index (χ0n) is 15.4. The van der Waals surface area contributed by atoms with Crippen LogP contribution in [0.4, 0.5) is 0 Å². The molecule has 1 rings (SSSR count). The molecule has 7 heteroatoms. The van der Waals surface area contributed by atoms with Crippen LogP contribution in [0.5, 0.6) is 5.75 Å². The molecule has 1 aromatic rings. The van der Waals surface area contributed by atoms with Crippen molar-refractivity contribution in [3.63, 3.8) is 0 Å². The third-order valence-corrected chi connectivity index (χ3v) is 6.23. The summed E-state index contributed by atoms with van der Waals surface area (Å²) in [7, 11) is 0. The summed E-state index contributed by atoms with van der Waals surface area (Å²) in [5.41, 5.74) is -0.527. The molecule has 5 nitrogen and oxygen atoms in total. The van der Waals surface area contributed by atoms with Crippen LogP contribution in [0, 0.1) is 18.8 Å². The van der Waals surface area contributed by atoms with E-state index < -0.39 is 5.56 Å². The quantitative estimate of drug-likeness (QED) is 0.638.